The third kappa shape index (κ3) is 2.25. The van der Waals surface area contributed by atoms with Crippen molar-refractivity contribution >= 4 is 22.6 Å². The molecule has 0 bridgehead atoms. The summed E-state index contributed by atoms with van der Waals surface area (Å²) in [4.78, 5) is 13.2. The minimum absolute atomic E-state index is 0.0527. The van der Waals surface area contributed by atoms with E-state index in [0.717, 1.165) is 0 Å². The van der Waals surface area contributed by atoms with E-state index < -0.39 is 12.0 Å². The number of H-pyrrole nitrogens is 1. The average molecular weight is 300 g/mol. The molecule has 3 N–H and O–H groups in total. The molecule has 1 aromatic rings. The van der Waals surface area contributed by atoms with Gasteiger partial charge in [-0.05, 0) is 28.7 Å². The molecule has 0 saturated heterocycles. The van der Waals surface area contributed by atoms with Gasteiger partial charge in [-0.25, -0.2) is 8.78 Å². The summed E-state index contributed by atoms with van der Waals surface area (Å²) < 4.78 is 24.8. The maximum Gasteiger partial charge on any atom is 0.278 e. The van der Waals surface area contributed by atoms with Crippen molar-refractivity contribution in [3.63, 3.8) is 0 Å². The fourth-order valence-corrected chi connectivity index (χ4v) is 1.68. The average Bonchev–Trinajstić information content (AvgIpc) is 2.03. The Hall–Kier alpha value is -0.500. The third-order valence-corrected chi connectivity index (χ3v) is 2.50. The highest BCUT2D eigenvalue weighted by atomic mass is 127. The lowest BCUT2D eigenvalue weighted by molar-refractivity contribution is 0.145. The second kappa shape index (κ2) is 4.14. The monoisotopic (exact) mass is 300 g/mol. The lowest BCUT2D eigenvalue weighted by atomic mass is 10.2. The van der Waals surface area contributed by atoms with Gasteiger partial charge in [0.2, 0.25) is 0 Å². The van der Waals surface area contributed by atoms with Crippen molar-refractivity contribution in [3.05, 3.63) is 31.2 Å². The molecule has 0 unspecified atom stereocenters. The van der Waals surface area contributed by atoms with Crippen LogP contribution in [-0.4, -0.2) is 4.98 Å². The number of pyridine rings is 1. The molecule has 6 heteroatoms. The van der Waals surface area contributed by atoms with Crippen molar-refractivity contribution in [1.29, 1.82) is 0 Å². The van der Waals surface area contributed by atoms with Crippen LogP contribution >= 0.6 is 22.6 Å². The number of hydrogen-bond acceptors (Lipinski definition) is 2. The van der Waals surface area contributed by atoms with Crippen LogP contribution in [0, 0.1) is 3.57 Å². The molecule has 0 radical (unpaired) electrons. The van der Waals surface area contributed by atoms with E-state index in [9.17, 15) is 13.6 Å². The Morgan fingerprint density at radius 2 is 2.23 bits per heavy atom. The minimum Gasteiger partial charge on any atom is -0.326 e. The molecule has 0 amide bonds. The van der Waals surface area contributed by atoms with E-state index in [2.05, 4.69) is 4.98 Å². The fraction of sp³-hybridized carbons (Fsp3) is 0.286. The zero-order chi connectivity index (χ0) is 10.0. The first-order valence-electron chi connectivity index (χ1n) is 3.46. The summed E-state index contributed by atoms with van der Waals surface area (Å²) in [5, 5.41) is 0. The molecule has 0 aliphatic rings. The van der Waals surface area contributed by atoms with Crippen molar-refractivity contribution in [2.75, 3.05) is 0 Å². The van der Waals surface area contributed by atoms with E-state index in [0.29, 0.717) is 9.13 Å². The van der Waals surface area contributed by atoms with Crippen molar-refractivity contribution in [2.24, 2.45) is 5.73 Å². The maximum atomic E-state index is 12.2. The van der Waals surface area contributed by atoms with Gasteiger partial charge in [0.15, 0.2) is 0 Å². The van der Waals surface area contributed by atoms with Crippen LogP contribution in [0.1, 0.15) is 17.7 Å². The Bertz CT molecular complexity index is 364. The van der Waals surface area contributed by atoms with Crippen LogP contribution in [0.15, 0.2) is 10.9 Å². The molecule has 1 rings (SSSR count). The van der Waals surface area contributed by atoms with Crippen molar-refractivity contribution < 1.29 is 8.78 Å². The molecule has 1 heterocycles. The van der Waals surface area contributed by atoms with Crippen molar-refractivity contribution in [2.45, 2.75) is 13.0 Å². The molecule has 0 aliphatic heterocycles. The van der Waals surface area contributed by atoms with E-state index in [1.165, 1.54) is 6.07 Å². The number of halogens is 3. The molecule has 0 aromatic carbocycles. The van der Waals surface area contributed by atoms with E-state index in [-0.39, 0.29) is 12.2 Å². The van der Waals surface area contributed by atoms with Crippen LogP contribution in [0.25, 0.3) is 0 Å². The van der Waals surface area contributed by atoms with Crippen LogP contribution in [-0.2, 0) is 6.54 Å². The van der Waals surface area contributed by atoms with Gasteiger partial charge in [0, 0.05) is 15.7 Å². The van der Waals surface area contributed by atoms with Crippen molar-refractivity contribution in [3.8, 4) is 0 Å². The molecule has 0 fully saturated rings. The van der Waals surface area contributed by atoms with Gasteiger partial charge in [-0.1, -0.05) is 0 Å². The first kappa shape index (κ1) is 10.6. The number of aromatic amines is 1. The normalized spacial score (nSPS) is 10.8. The SMILES string of the molecule is NCc1c(I)cc(C(F)F)[nH]c1=O. The molecule has 0 spiro atoms. The Labute approximate surface area is 86.5 Å². The van der Waals surface area contributed by atoms with Crippen LogP contribution in [0.3, 0.4) is 0 Å². The molecule has 0 aliphatic carbocycles. The number of nitrogens with two attached hydrogens (primary N) is 1. The highest BCUT2D eigenvalue weighted by Gasteiger charge is 2.12. The fourth-order valence-electron chi connectivity index (χ4n) is 0.882. The second-order valence-electron chi connectivity index (χ2n) is 2.39. The summed E-state index contributed by atoms with van der Waals surface area (Å²) in [6.45, 7) is 0.0527. The smallest absolute Gasteiger partial charge is 0.278 e. The number of rotatable bonds is 2. The van der Waals surface area contributed by atoms with E-state index >= 15 is 0 Å². The first-order valence-corrected chi connectivity index (χ1v) is 4.54. The van der Waals surface area contributed by atoms with Gasteiger partial charge < -0.3 is 10.7 Å². The molecule has 3 nitrogen and oxygen atoms in total. The van der Waals surface area contributed by atoms with E-state index in [1.807, 2.05) is 22.6 Å². The summed E-state index contributed by atoms with van der Waals surface area (Å²) in [5.41, 5.74) is 4.70. The molecule has 0 saturated carbocycles. The lowest BCUT2D eigenvalue weighted by Crippen LogP contribution is -2.19. The Morgan fingerprint density at radius 3 is 2.62 bits per heavy atom. The molecule has 1 aromatic heterocycles. The summed E-state index contributed by atoms with van der Waals surface area (Å²) in [5.74, 6) is 0. The zero-order valence-electron chi connectivity index (χ0n) is 6.48. The second-order valence-corrected chi connectivity index (χ2v) is 3.55. The van der Waals surface area contributed by atoms with Crippen LogP contribution in [0.4, 0.5) is 8.78 Å². The highest BCUT2D eigenvalue weighted by Crippen LogP contribution is 2.18. The third-order valence-electron chi connectivity index (χ3n) is 1.54. The highest BCUT2D eigenvalue weighted by molar-refractivity contribution is 14.1. The molecular weight excluding hydrogens is 293 g/mol. The summed E-state index contributed by atoms with van der Waals surface area (Å²) in [6, 6.07) is 1.23. The Kier molecular flexibility index (Phi) is 3.37. The van der Waals surface area contributed by atoms with Crippen LogP contribution in [0.5, 0.6) is 0 Å². The van der Waals surface area contributed by atoms with Gasteiger partial charge in [0.25, 0.3) is 12.0 Å². The van der Waals surface area contributed by atoms with Gasteiger partial charge in [0.1, 0.15) is 0 Å². The number of hydrogen-bond donors (Lipinski definition) is 2. The van der Waals surface area contributed by atoms with Gasteiger partial charge in [0.05, 0.1) is 5.69 Å². The summed E-state index contributed by atoms with van der Waals surface area (Å²) in [7, 11) is 0. The first-order chi connectivity index (χ1) is 6.06. The number of alkyl halides is 2. The predicted octanol–water partition coefficient (Wildman–Crippen LogP) is 1.38. The van der Waals surface area contributed by atoms with E-state index in [1.54, 1.807) is 0 Å². The molecule has 72 valence electrons. The van der Waals surface area contributed by atoms with Gasteiger partial charge in [-0.2, -0.15) is 0 Å². The Balaban J connectivity index is 3.29. The lowest BCUT2D eigenvalue weighted by Gasteiger charge is -2.03. The number of nitrogens with one attached hydrogen (secondary N) is 1. The minimum atomic E-state index is -2.66. The largest absolute Gasteiger partial charge is 0.326 e. The van der Waals surface area contributed by atoms with Crippen molar-refractivity contribution in [1.82, 2.24) is 4.98 Å². The topological polar surface area (TPSA) is 58.9 Å². The standard InChI is InChI=1S/C7H7F2IN2O/c8-6(9)5-1-4(10)3(2-11)7(13)12-5/h1,6H,2,11H2,(H,12,13). The number of aromatic nitrogens is 1. The molecule has 13 heavy (non-hydrogen) atoms. The van der Waals surface area contributed by atoms with Gasteiger partial charge >= 0.3 is 0 Å². The van der Waals surface area contributed by atoms with Crippen LogP contribution < -0.4 is 11.3 Å². The quantitative estimate of drug-likeness (QED) is 0.811. The maximum absolute atomic E-state index is 12.2. The van der Waals surface area contributed by atoms with E-state index in [4.69, 9.17) is 5.73 Å². The van der Waals surface area contributed by atoms with Crippen LogP contribution in [0.2, 0.25) is 0 Å². The van der Waals surface area contributed by atoms with Gasteiger partial charge in [-0.3, -0.25) is 4.79 Å². The predicted molar refractivity (Wildman–Crippen MR) is 52.6 cm³/mol. The summed E-state index contributed by atoms with van der Waals surface area (Å²) >= 11 is 1.81. The Morgan fingerprint density at radius 1 is 1.62 bits per heavy atom. The zero-order valence-corrected chi connectivity index (χ0v) is 8.64. The molecular formula is C7H7F2IN2O. The summed E-state index contributed by atoms with van der Waals surface area (Å²) in [6.07, 6.45) is -2.66. The van der Waals surface area contributed by atoms with Gasteiger partial charge in [-0.15, -0.1) is 0 Å². The molecule has 0 atom stereocenters.